The molecule has 1 aliphatic rings. The Morgan fingerprint density at radius 1 is 1.00 bits per heavy atom. The standard InChI is InChI=1S/C24H26F5N7OS/c1-17-14-21(24-32-23(34-37-24)19-5-7-20(8-6-19)38(25,26,27,28)29)33-36(17)16-18-4-9-22(31-15-18)30-10-13-35-11-2-3-12-35/h4-9,14-15H,2-3,10-13,16H2,1H3,(H,30,31). The van der Waals surface area contributed by atoms with Gasteiger partial charge in [0, 0.05) is 30.5 Å². The molecule has 0 saturated carbocycles. The number of hydrogen-bond acceptors (Lipinski definition) is 7. The highest BCUT2D eigenvalue weighted by Gasteiger charge is 2.65. The third-order valence-electron chi connectivity index (χ3n) is 6.27. The summed E-state index contributed by atoms with van der Waals surface area (Å²) in [5.41, 5.74) is 2.22. The van der Waals surface area contributed by atoms with E-state index in [1.807, 2.05) is 19.1 Å². The molecule has 204 valence electrons. The van der Waals surface area contributed by atoms with Gasteiger partial charge < -0.3 is 14.7 Å². The Bertz CT molecular complexity index is 1420. The molecule has 1 aliphatic heterocycles. The first-order valence-electron chi connectivity index (χ1n) is 12.0. The molecule has 38 heavy (non-hydrogen) atoms. The van der Waals surface area contributed by atoms with Gasteiger partial charge in [-0.3, -0.25) is 4.68 Å². The minimum atomic E-state index is -9.75. The first kappa shape index (κ1) is 26.1. The van der Waals surface area contributed by atoms with Crippen LogP contribution in [0.4, 0.5) is 25.2 Å². The fraction of sp³-hybridized carbons (Fsp3) is 0.333. The van der Waals surface area contributed by atoms with Gasteiger partial charge in [-0.15, -0.1) is 0 Å². The zero-order chi connectivity index (χ0) is 27.0. The highest BCUT2D eigenvalue weighted by Crippen LogP contribution is 3.02. The van der Waals surface area contributed by atoms with Crippen molar-refractivity contribution in [2.24, 2.45) is 0 Å². The van der Waals surface area contributed by atoms with Crippen LogP contribution in [0.1, 0.15) is 24.1 Å². The fourth-order valence-electron chi connectivity index (χ4n) is 4.22. The largest absolute Gasteiger partial charge is 0.369 e. The maximum absolute atomic E-state index is 13.0. The minimum absolute atomic E-state index is 0.0436. The van der Waals surface area contributed by atoms with Crippen molar-refractivity contribution in [2.75, 3.05) is 31.5 Å². The average Bonchev–Trinajstić information content (AvgIpc) is 3.61. The molecule has 0 aliphatic carbocycles. The average molecular weight is 556 g/mol. The number of hydrogen-bond donors (Lipinski definition) is 1. The topological polar surface area (TPSA) is 84.9 Å². The number of rotatable bonds is 9. The molecule has 5 rings (SSSR count). The van der Waals surface area contributed by atoms with E-state index < -0.39 is 15.1 Å². The van der Waals surface area contributed by atoms with E-state index in [0.29, 0.717) is 24.4 Å². The Morgan fingerprint density at radius 3 is 2.39 bits per heavy atom. The van der Waals surface area contributed by atoms with Crippen LogP contribution in [0, 0.1) is 6.92 Å². The molecule has 0 bridgehead atoms. The molecule has 8 nitrogen and oxygen atoms in total. The first-order chi connectivity index (χ1) is 17.8. The molecule has 4 aromatic rings. The van der Waals surface area contributed by atoms with E-state index in [1.54, 1.807) is 16.9 Å². The Labute approximate surface area is 215 Å². The Balaban J connectivity index is 1.23. The second kappa shape index (κ2) is 9.05. The van der Waals surface area contributed by atoms with E-state index in [-0.39, 0.29) is 17.3 Å². The number of likely N-dealkylation sites (tertiary alicyclic amines) is 1. The van der Waals surface area contributed by atoms with Crippen molar-refractivity contribution >= 4 is 16.0 Å². The van der Waals surface area contributed by atoms with Crippen LogP contribution in [-0.4, -0.2) is 56.0 Å². The SMILES string of the molecule is Cc1cc(-c2nc(-c3ccc(S(F)(F)(F)(F)F)cc3)no2)nn1Cc1ccc(NCCN2CCCC2)nc1. The highest BCUT2D eigenvalue weighted by atomic mass is 32.5. The summed E-state index contributed by atoms with van der Waals surface area (Å²) in [6.07, 6.45) is 4.30. The summed E-state index contributed by atoms with van der Waals surface area (Å²) in [6.45, 7) is 6.44. The van der Waals surface area contributed by atoms with Gasteiger partial charge in [-0.05, 0) is 74.8 Å². The first-order valence-corrected chi connectivity index (χ1v) is 13.9. The maximum atomic E-state index is 13.0. The van der Waals surface area contributed by atoms with E-state index in [4.69, 9.17) is 4.52 Å². The van der Waals surface area contributed by atoms with Crippen LogP contribution < -0.4 is 5.32 Å². The van der Waals surface area contributed by atoms with Crippen LogP contribution in [-0.2, 0) is 6.54 Å². The van der Waals surface area contributed by atoms with Gasteiger partial charge in [0.1, 0.15) is 10.7 Å². The number of anilines is 1. The van der Waals surface area contributed by atoms with Crippen LogP contribution >= 0.6 is 10.2 Å². The molecule has 14 heteroatoms. The van der Waals surface area contributed by atoms with Crippen molar-refractivity contribution in [1.82, 2.24) is 29.8 Å². The van der Waals surface area contributed by atoms with Crippen molar-refractivity contribution in [3.63, 3.8) is 0 Å². The lowest BCUT2D eigenvalue weighted by molar-refractivity contribution is 0.352. The quantitative estimate of drug-likeness (QED) is 0.236. The van der Waals surface area contributed by atoms with Gasteiger partial charge in [-0.25, -0.2) is 4.98 Å². The fourth-order valence-corrected chi connectivity index (χ4v) is 4.87. The number of aromatic nitrogens is 5. The molecule has 1 aromatic carbocycles. The van der Waals surface area contributed by atoms with Gasteiger partial charge in [0.2, 0.25) is 5.82 Å². The van der Waals surface area contributed by atoms with Gasteiger partial charge in [-0.2, -0.15) is 10.1 Å². The molecule has 1 fully saturated rings. The monoisotopic (exact) mass is 555 g/mol. The molecule has 4 heterocycles. The zero-order valence-electron chi connectivity index (χ0n) is 20.5. The molecule has 0 amide bonds. The van der Waals surface area contributed by atoms with E-state index in [0.717, 1.165) is 55.4 Å². The van der Waals surface area contributed by atoms with Crippen molar-refractivity contribution in [1.29, 1.82) is 0 Å². The molecule has 0 atom stereocenters. The molecular weight excluding hydrogens is 529 g/mol. The maximum Gasteiger partial charge on any atom is 0.310 e. The van der Waals surface area contributed by atoms with Crippen LogP contribution in [0.3, 0.4) is 0 Å². The summed E-state index contributed by atoms with van der Waals surface area (Å²) in [4.78, 5) is 9.09. The smallest absolute Gasteiger partial charge is 0.310 e. The summed E-state index contributed by atoms with van der Waals surface area (Å²) in [7, 11) is -9.75. The normalized spacial score (nSPS) is 16.4. The van der Waals surface area contributed by atoms with Crippen molar-refractivity contribution in [2.45, 2.75) is 31.2 Å². The Hall–Kier alpha value is -3.52. The van der Waals surface area contributed by atoms with Crippen molar-refractivity contribution in [3.05, 3.63) is 59.9 Å². The molecule has 0 radical (unpaired) electrons. The number of benzene rings is 1. The number of nitrogens with one attached hydrogen (secondary N) is 1. The van der Waals surface area contributed by atoms with E-state index in [1.165, 1.54) is 12.8 Å². The lowest BCUT2D eigenvalue weighted by atomic mass is 10.2. The number of halogens is 5. The molecule has 0 unspecified atom stereocenters. The molecule has 0 spiro atoms. The van der Waals surface area contributed by atoms with Gasteiger partial charge >= 0.3 is 10.2 Å². The molecule has 3 aromatic heterocycles. The van der Waals surface area contributed by atoms with Crippen LogP contribution in [0.2, 0.25) is 0 Å². The number of nitrogens with zero attached hydrogens (tertiary/aromatic N) is 6. The summed E-state index contributed by atoms with van der Waals surface area (Å²) in [5.74, 6) is 0.810. The second-order valence-electron chi connectivity index (χ2n) is 9.27. The second-order valence-corrected chi connectivity index (χ2v) is 11.7. The third-order valence-corrected chi connectivity index (χ3v) is 7.44. The van der Waals surface area contributed by atoms with E-state index >= 15 is 0 Å². The third kappa shape index (κ3) is 6.13. The number of pyridine rings is 1. The molecule has 1 N–H and O–H groups in total. The van der Waals surface area contributed by atoms with Gasteiger partial charge in [0.15, 0.2) is 5.69 Å². The van der Waals surface area contributed by atoms with Crippen LogP contribution in [0.5, 0.6) is 0 Å². The van der Waals surface area contributed by atoms with Crippen molar-refractivity contribution < 1.29 is 24.0 Å². The summed E-state index contributed by atoms with van der Waals surface area (Å²) < 4.78 is 71.7. The lowest BCUT2D eigenvalue weighted by Crippen LogP contribution is -2.26. The Kier molecular flexibility index (Phi) is 6.21. The van der Waals surface area contributed by atoms with E-state index in [9.17, 15) is 19.4 Å². The van der Waals surface area contributed by atoms with E-state index in [2.05, 4.69) is 30.4 Å². The van der Waals surface area contributed by atoms with Crippen LogP contribution in [0.25, 0.3) is 23.0 Å². The summed E-state index contributed by atoms with van der Waals surface area (Å²) in [6, 6.07) is 8.00. The van der Waals surface area contributed by atoms with Crippen LogP contribution in [0.15, 0.2) is 58.1 Å². The Morgan fingerprint density at radius 2 is 1.74 bits per heavy atom. The lowest BCUT2D eigenvalue weighted by Gasteiger charge is -2.40. The highest BCUT2D eigenvalue weighted by molar-refractivity contribution is 8.45. The zero-order valence-corrected chi connectivity index (χ0v) is 21.3. The van der Waals surface area contributed by atoms with Crippen molar-refractivity contribution in [3.8, 4) is 23.0 Å². The van der Waals surface area contributed by atoms with Gasteiger partial charge in [0.05, 0.1) is 6.54 Å². The number of aryl methyl sites for hydroxylation is 1. The summed E-state index contributed by atoms with van der Waals surface area (Å²) >= 11 is 0. The minimum Gasteiger partial charge on any atom is -0.369 e. The predicted octanol–water partition coefficient (Wildman–Crippen LogP) is 6.52. The van der Waals surface area contributed by atoms with Gasteiger partial charge in [-0.1, -0.05) is 30.7 Å². The molecular formula is C24H26F5N7OS. The molecule has 1 saturated heterocycles. The van der Waals surface area contributed by atoms with Gasteiger partial charge in [0.25, 0.3) is 5.89 Å². The summed E-state index contributed by atoms with van der Waals surface area (Å²) in [5, 5.41) is 11.6. The predicted molar refractivity (Wildman–Crippen MR) is 135 cm³/mol.